The highest BCUT2D eigenvalue weighted by Gasteiger charge is 2.18. The maximum atomic E-state index is 4.95. The van der Waals surface area contributed by atoms with Crippen LogP contribution in [0.4, 0.5) is 22.7 Å². The van der Waals surface area contributed by atoms with Gasteiger partial charge in [0.2, 0.25) is 0 Å². The molecule has 2 heterocycles. The Morgan fingerprint density at radius 2 is 0.961 bits per heavy atom. The number of rotatable bonds is 6. The highest BCUT2D eigenvalue weighted by atomic mass is 15.1. The molecule has 1 aromatic heterocycles. The molecule has 1 aliphatic heterocycles. The number of para-hydroxylation sites is 3. The molecule has 51 heavy (non-hydrogen) atoms. The minimum atomic E-state index is 0.860. The molecule has 0 bridgehead atoms. The van der Waals surface area contributed by atoms with Crippen molar-refractivity contribution in [2.24, 2.45) is 4.99 Å². The number of aromatic nitrogens is 1. The minimum Gasteiger partial charge on any atom is -0.311 e. The molecule has 0 spiro atoms. The van der Waals surface area contributed by atoms with E-state index in [1.165, 1.54) is 49.3 Å². The quantitative estimate of drug-likeness (QED) is 0.175. The largest absolute Gasteiger partial charge is 0.311 e. The zero-order chi connectivity index (χ0) is 33.7. The van der Waals surface area contributed by atoms with E-state index in [-0.39, 0.29) is 0 Å². The van der Waals surface area contributed by atoms with Gasteiger partial charge in [-0.2, -0.15) is 0 Å². The first-order valence-electron chi connectivity index (χ1n) is 17.5. The van der Waals surface area contributed by atoms with Crippen molar-refractivity contribution < 1.29 is 0 Å². The molecule has 9 aromatic rings. The normalized spacial score (nSPS) is 12.4. The van der Waals surface area contributed by atoms with Crippen LogP contribution in [0.2, 0.25) is 0 Å². The number of benzene rings is 8. The van der Waals surface area contributed by atoms with Crippen LogP contribution in [-0.2, 0) is 6.42 Å². The van der Waals surface area contributed by atoms with Crippen molar-refractivity contribution in [3.05, 3.63) is 199 Å². The lowest BCUT2D eigenvalue weighted by molar-refractivity contribution is 1.17. The van der Waals surface area contributed by atoms with E-state index < -0.39 is 0 Å². The van der Waals surface area contributed by atoms with Crippen LogP contribution in [0.15, 0.2) is 193 Å². The second kappa shape index (κ2) is 12.0. The third-order valence-electron chi connectivity index (χ3n) is 10.2. The van der Waals surface area contributed by atoms with Crippen molar-refractivity contribution in [1.82, 2.24) is 4.57 Å². The number of fused-ring (bicyclic) bond motifs is 5. The number of hydrogen-bond acceptors (Lipinski definition) is 2. The predicted molar refractivity (Wildman–Crippen MR) is 215 cm³/mol. The van der Waals surface area contributed by atoms with Crippen molar-refractivity contribution in [3.8, 4) is 16.8 Å². The summed E-state index contributed by atoms with van der Waals surface area (Å²) >= 11 is 0. The van der Waals surface area contributed by atoms with Gasteiger partial charge in [-0.3, -0.25) is 4.99 Å². The number of hydrogen-bond donors (Lipinski definition) is 0. The molecule has 3 nitrogen and oxygen atoms in total. The van der Waals surface area contributed by atoms with Crippen LogP contribution < -0.4 is 4.90 Å². The molecular formula is C48H33N3. The molecule has 0 unspecified atom stereocenters. The molecule has 1 aliphatic rings. The lowest BCUT2D eigenvalue weighted by Crippen LogP contribution is -2.10. The van der Waals surface area contributed by atoms with Crippen LogP contribution in [0.5, 0.6) is 0 Å². The number of anilines is 3. The summed E-state index contributed by atoms with van der Waals surface area (Å²) < 4.78 is 2.37. The van der Waals surface area contributed by atoms with Crippen LogP contribution in [-0.4, -0.2) is 10.3 Å². The minimum absolute atomic E-state index is 0.860. The second-order valence-corrected chi connectivity index (χ2v) is 13.2. The summed E-state index contributed by atoms with van der Waals surface area (Å²) in [6.45, 7) is 0. The summed E-state index contributed by atoms with van der Waals surface area (Å²) in [5.74, 6) is 0. The van der Waals surface area contributed by atoms with Gasteiger partial charge in [0, 0.05) is 39.9 Å². The predicted octanol–water partition coefficient (Wildman–Crippen LogP) is 12.8. The fourth-order valence-electron chi connectivity index (χ4n) is 7.77. The highest BCUT2D eigenvalue weighted by molar-refractivity contribution is 6.09. The van der Waals surface area contributed by atoms with E-state index in [0.717, 1.165) is 46.1 Å². The van der Waals surface area contributed by atoms with Crippen LogP contribution >= 0.6 is 0 Å². The van der Waals surface area contributed by atoms with Gasteiger partial charge in [-0.15, -0.1) is 0 Å². The third kappa shape index (κ3) is 5.02. The molecule has 0 aliphatic carbocycles. The Morgan fingerprint density at radius 1 is 0.431 bits per heavy atom. The Labute approximate surface area is 297 Å². The van der Waals surface area contributed by atoms with Gasteiger partial charge in [-0.1, -0.05) is 121 Å². The zero-order valence-electron chi connectivity index (χ0n) is 27.9. The molecule has 0 amide bonds. The summed E-state index contributed by atoms with van der Waals surface area (Å²) in [6, 6.07) is 67.7. The van der Waals surface area contributed by atoms with Crippen molar-refractivity contribution in [2.45, 2.75) is 6.42 Å². The first kappa shape index (κ1) is 29.2. The lowest BCUT2D eigenvalue weighted by Gasteiger charge is -2.26. The van der Waals surface area contributed by atoms with Crippen molar-refractivity contribution >= 4 is 61.0 Å². The molecule has 0 fully saturated rings. The molecule has 0 saturated carbocycles. The van der Waals surface area contributed by atoms with E-state index in [9.17, 15) is 0 Å². The van der Waals surface area contributed by atoms with Crippen molar-refractivity contribution in [2.75, 3.05) is 4.90 Å². The summed E-state index contributed by atoms with van der Waals surface area (Å²) in [6.07, 6.45) is 0.860. The Kier molecular flexibility index (Phi) is 6.88. The van der Waals surface area contributed by atoms with Gasteiger partial charge >= 0.3 is 0 Å². The highest BCUT2D eigenvalue weighted by Crippen LogP contribution is 2.39. The topological polar surface area (TPSA) is 20.5 Å². The average Bonchev–Trinajstić information content (AvgIpc) is 3.79. The maximum Gasteiger partial charge on any atom is 0.0669 e. The van der Waals surface area contributed by atoms with Crippen LogP contribution in [0, 0.1) is 0 Å². The van der Waals surface area contributed by atoms with Gasteiger partial charge in [0.25, 0.3) is 0 Å². The smallest absolute Gasteiger partial charge is 0.0669 e. The monoisotopic (exact) mass is 651 g/mol. The van der Waals surface area contributed by atoms with E-state index in [1.807, 2.05) is 0 Å². The lowest BCUT2D eigenvalue weighted by atomic mass is 9.98. The van der Waals surface area contributed by atoms with Crippen LogP contribution in [0.3, 0.4) is 0 Å². The Morgan fingerprint density at radius 3 is 1.63 bits per heavy atom. The fourth-order valence-corrected chi connectivity index (χ4v) is 7.77. The fraction of sp³-hybridized carbons (Fsp3) is 0.0208. The first-order chi connectivity index (χ1) is 25.3. The van der Waals surface area contributed by atoms with Crippen LogP contribution in [0.25, 0.3) is 49.4 Å². The summed E-state index contributed by atoms with van der Waals surface area (Å²) in [4.78, 5) is 7.30. The van der Waals surface area contributed by atoms with E-state index in [1.54, 1.807) is 0 Å². The van der Waals surface area contributed by atoms with Crippen molar-refractivity contribution in [3.63, 3.8) is 0 Å². The number of nitrogens with zero attached hydrogens (tertiary/aromatic N) is 3. The molecule has 0 saturated heterocycles. The molecule has 240 valence electrons. The molecule has 8 aromatic carbocycles. The molecule has 0 N–H and O–H groups in total. The van der Waals surface area contributed by atoms with E-state index in [0.29, 0.717) is 0 Å². The summed E-state index contributed by atoms with van der Waals surface area (Å²) in [7, 11) is 0. The maximum absolute atomic E-state index is 4.95. The Hall–Kier alpha value is -6.71. The van der Waals surface area contributed by atoms with Gasteiger partial charge < -0.3 is 9.47 Å². The summed E-state index contributed by atoms with van der Waals surface area (Å²) in [5.41, 5.74) is 13.9. The zero-order valence-corrected chi connectivity index (χ0v) is 27.9. The molecule has 3 heteroatoms. The molecule has 10 rings (SSSR count). The van der Waals surface area contributed by atoms with E-state index in [4.69, 9.17) is 4.99 Å². The Bertz CT molecular complexity index is 2690. The van der Waals surface area contributed by atoms with E-state index in [2.05, 4.69) is 198 Å². The standard InChI is InChI=1S/C48H33N3/c1-3-13-41-33(10-1)12-9-16-42(41)34-20-24-37(25-21-34)50(38-26-22-35(23-27-38)46-32-36-11-2-6-17-45(36)49-46)39-28-30-40(31-29-39)51-47-18-7-4-14-43(47)44-15-5-8-19-48(44)51/h1-31H,32H2. The molecule has 0 atom stereocenters. The number of aliphatic imine (C=N–C) groups is 1. The third-order valence-corrected chi connectivity index (χ3v) is 10.2. The van der Waals surface area contributed by atoms with Gasteiger partial charge in [0.15, 0.2) is 0 Å². The van der Waals surface area contributed by atoms with Crippen LogP contribution in [0.1, 0.15) is 11.1 Å². The van der Waals surface area contributed by atoms with Gasteiger partial charge in [-0.05, 0) is 99.8 Å². The van der Waals surface area contributed by atoms with E-state index >= 15 is 0 Å². The summed E-state index contributed by atoms with van der Waals surface area (Å²) in [5, 5.41) is 5.04. The second-order valence-electron chi connectivity index (χ2n) is 13.2. The average molecular weight is 652 g/mol. The SMILES string of the molecule is c1ccc2c(c1)CC(c1ccc(N(c3ccc(-c4cccc5ccccc45)cc3)c3ccc(-n4c5ccccc5c5ccccc54)cc3)cc1)=N2. The van der Waals surface area contributed by atoms with Gasteiger partial charge in [0.05, 0.1) is 22.4 Å². The van der Waals surface area contributed by atoms with Gasteiger partial charge in [0.1, 0.15) is 0 Å². The van der Waals surface area contributed by atoms with Gasteiger partial charge in [-0.25, -0.2) is 0 Å². The molecular weight excluding hydrogens is 619 g/mol. The first-order valence-corrected chi connectivity index (χ1v) is 17.5. The van der Waals surface area contributed by atoms with Crippen molar-refractivity contribution in [1.29, 1.82) is 0 Å². The molecule has 0 radical (unpaired) electrons. The Balaban J connectivity index is 1.06.